The normalized spacial score (nSPS) is 9.83. The van der Waals surface area contributed by atoms with Crippen molar-refractivity contribution in [2.24, 2.45) is 5.73 Å². The summed E-state index contributed by atoms with van der Waals surface area (Å²) in [7, 11) is 0. The van der Waals surface area contributed by atoms with Gasteiger partial charge in [-0.15, -0.1) is 0 Å². The average Bonchev–Trinajstić information content (AvgIpc) is 2.05. The summed E-state index contributed by atoms with van der Waals surface area (Å²) in [6, 6.07) is 0. The van der Waals surface area contributed by atoms with Gasteiger partial charge in [0.05, 0.1) is 6.42 Å². The number of nitrogens with two attached hydrogens (primary N) is 1. The number of nitrogens with one attached hydrogen (secondary N) is 1. The molecule has 0 aliphatic heterocycles. The Bertz CT molecular complexity index is 115. The van der Waals surface area contributed by atoms with Crippen LogP contribution in [0.3, 0.4) is 0 Å². The lowest BCUT2D eigenvalue weighted by Gasteiger charge is -2.02. The Morgan fingerprint density at radius 3 is 2.75 bits per heavy atom. The highest BCUT2D eigenvalue weighted by molar-refractivity contribution is 5.84. The van der Waals surface area contributed by atoms with Crippen molar-refractivity contribution in [2.75, 3.05) is 13.1 Å². The molecule has 3 heteroatoms. The van der Waals surface area contributed by atoms with Gasteiger partial charge in [0.25, 0.3) is 0 Å². The molecule has 0 saturated carbocycles. The second-order valence-electron chi connectivity index (χ2n) is 2.79. The highest BCUT2D eigenvalue weighted by Gasteiger charge is 1.97. The smallest absolute Gasteiger partial charge is 0.225 e. The first kappa shape index (κ1) is 11.4. The van der Waals surface area contributed by atoms with E-state index < -0.39 is 0 Å². The second kappa shape index (κ2) is 8.53. The largest absolute Gasteiger partial charge is 0.356 e. The van der Waals surface area contributed by atoms with Crippen LogP contribution in [0, 0.1) is 6.42 Å². The number of carbonyl (C=O) groups is 1. The van der Waals surface area contributed by atoms with Crippen molar-refractivity contribution in [2.45, 2.75) is 32.6 Å². The maximum atomic E-state index is 10.8. The van der Waals surface area contributed by atoms with E-state index in [4.69, 9.17) is 5.73 Å². The monoisotopic (exact) mass is 171 g/mol. The molecule has 0 rings (SSSR count). The number of rotatable bonds is 7. The zero-order valence-electron chi connectivity index (χ0n) is 7.81. The number of hydrogen-bond donors (Lipinski definition) is 2. The Kier molecular flexibility index (Phi) is 8.12. The van der Waals surface area contributed by atoms with Gasteiger partial charge in [0.15, 0.2) is 0 Å². The van der Waals surface area contributed by atoms with Crippen LogP contribution < -0.4 is 11.1 Å². The third-order valence-corrected chi connectivity index (χ3v) is 1.63. The van der Waals surface area contributed by atoms with Crippen LogP contribution in [-0.4, -0.2) is 19.0 Å². The maximum Gasteiger partial charge on any atom is 0.225 e. The predicted molar refractivity (Wildman–Crippen MR) is 50.5 cm³/mol. The molecule has 3 nitrogen and oxygen atoms in total. The third kappa shape index (κ3) is 7.54. The van der Waals surface area contributed by atoms with E-state index in [1.165, 1.54) is 25.7 Å². The Balaban J connectivity index is 3.03. The third-order valence-electron chi connectivity index (χ3n) is 1.63. The standard InChI is InChI=1S/C9H19N2O/c1-2-3-4-5-8-11-9(12)6-7-10/h6H,2-5,7-8,10H2,1H3,(H,11,12). The molecule has 0 aliphatic rings. The molecular weight excluding hydrogens is 152 g/mol. The number of carbonyl (C=O) groups excluding carboxylic acids is 1. The SMILES string of the molecule is CCCCCCNC(=O)[CH]CN. The van der Waals surface area contributed by atoms with Gasteiger partial charge in [0.1, 0.15) is 0 Å². The lowest BCUT2D eigenvalue weighted by molar-refractivity contribution is -0.117. The van der Waals surface area contributed by atoms with Gasteiger partial charge in [0.2, 0.25) is 5.91 Å². The molecule has 12 heavy (non-hydrogen) atoms. The highest BCUT2D eigenvalue weighted by atomic mass is 16.1. The predicted octanol–water partition coefficient (Wildman–Crippen LogP) is 0.846. The molecule has 71 valence electrons. The molecule has 1 radical (unpaired) electrons. The van der Waals surface area contributed by atoms with E-state index in [0.29, 0.717) is 6.54 Å². The fourth-order valence-corrected chi connectivity index (χ4v) is 0.943. The summed E-state index contributed by atoms with van der Waals surface area (Å²) in [5, 5.41) is 2.77. The van der Waals surface area contributed by atoms with E-state index in [1.54, 1.807) is 0 Å². The van der Waals surface area contributed by atoms with E-state index >= 15 is 0 Å². The molecule has 0 saturated heterocycles. The van der Waals surface area contributed by atoms with Crippen molar-refractivity contribution in [3.05, 3.63) is 6.42 Å². The molecule has 0 aliphatic carbocycles. The minimum absolute atomic E-state index is 0.0472. The van der Waals surface area contributed by atoms with Gasteiger partial charge < -0.3 is 11.1 Å². The number of amides is 1. The first-order valence-electron chi connectivity index (χ1n) is 4.62. The van der Waals surface area contributed by atoms with Crippen molar-refractivity contribution in [1.82, 2.24) is 5.32 Å². The molecule has 0 spiro atoms. The van der Waals surface area contributed by atoms with Crippen LogP contribution in [0.5, 0.6) is 0 Å². The van der Waals surface area contributed by atoms with Crippen molar-refractivity contribution in [3.63, 3.8) is 0 Å². The van der Waals surface area contributed by atoms with Gasteiger partial charge in [-0.25, -0.2) is 0 Å². The van der Waals surface area contributed by atoms with Gasteiger partial charge in [0, 0.05) is 13.1 Å². The van der Waals surface area contributed by atoms with Gasteiger partial charge in [-0.1, -0.05) is 26.2 Å². The van der Waals surface area contributed by atoms with Crippen LogP contribution in [0.1, 0.15) is 32.6 Å². The molecule has 0 fully saturated rings. The molecule has 0 unspecified atom stereocenters. The molecule has 0 aromatic carbocycles. The van der Waals surface area contributed by atoms with Crippen LogP contribution in [0.4, 0.5) is 0 Å². The summed E-state index contributed by atoms with van der Waals surface area (Å²) < 4.78 is 0. The van der Waals surface area contributed by atoms with Crippen LogP contribution in [0.15, 0.2) is 0 Å². The molecule has 0 heterocycles. The molecule has 0 atom stereocenters. The highest BCUT2D eigenvalue weighted by Crippen LogP contribution is 1.96. The Morgan fingerprint density at radius 1 is 1.42 bits per heavy atom. The van der Waals surface area contributed by atoms with E-state index in [9.17, 15) is 4.79 Å². The molecular formula is C9H19N2O. The minimum atomic E-state index is -0.0472. The second-order valence-corrected chi connectivity index (χ2v) is 2.79. The summed E-state index contributed by atoms with van der Waals surface area (Å²) in [5.41, 5.74) is 5.16. The first-order chi connectivity index (χ1) is 5.81. The first-order valence-corrected chi connectivity index (χ1v) is 4.62. The molecule has 0 aromatic rings. The fraction of sp³-hybridized carbons (Fsp3) is 0.778. The van der Waals surface area contributed by atoms with Crippen LogP contribution in [0.2, 0.25) is 0 Å². The molecule has 3 N–H and O–H groups in total. The van der Waals surface area contributed by atoms with Crippen molar-refractivity contribution < 1.29 is 4.79 Å². The lowest BCUT2D eigenvalue weighted by atomic mass is 10.2. The zero-order chi connectivity index (χ0) is 9.23. The van der Waals surface area contributed by atoms with E-state index in [1.807, 2.05) is 0 Å². The van der Waals surface area contributed by atoms with E-state index in [0.717, 1.165) is 13.0 Å². The summed E-state index contributed by atoms with van der Waals surface area (Å²) >= 11 is 0. The molecule has 0 bridgehead atoms. The van der Waals surface area contributed by atoms with Crippen molar-refractivity contribution in [3.8, 4) is 0 Å². The Morgan fingerprint density at radius 2 is 2.17 bits per heavy atom. The molecule has 0 aromatic heterocycles. The van der Waals surface area contributed by atoms with Gasteiger partial charge >= 0.3 is 0 Å². The fourth-order valence-electron chi connectivity index (χ4n) is 0.943. The Hall–Kier alpha value is -0.570. The van der Waals surface area contributed by atoms with Crippen molar-refractivity contribution >= 4 is 5.91 Å². The van der Waals surface area contributed by atoms with Crippen molar-refractivity contribution in [1.29, 1.82) is 0 Å². The van der Waals surface area contributed by atoms with Crippen LogP contribution >= 0.6 is 0 Å². The minimum Gasteiger partial charge on any atom is -0.356 e. The number of unbranched alkanes of at least 4 members (excludes halogenated alkanes) is 3. The van der Waals surface area contributed by atoms with Gasteiger partial charge in [-0.3, -0.25) is 4.79 Å². The van der Waals surface area contributed by atoms with Crippen LogP contribution in [0.25, 0.3) is 0 Å². The zero-order valence-corrected chi connectivity index (χ0v) is 7.81. The summed E-state index contributed by atoms with van der Waals surface area (Å²) in [6.45, 7) is 3.26. The average molecular weight is 171 g/mol. The molecule has 1 amide bonds. The van der Waals surface area contributed by atoms with Gasteiger partial charge in [-0.2, -0.15) is 0 Å². The van der Waals surface area contributed by atoms with Gasteiger partial charge in [-0.05, 0) is 6.42 Å². The Labute approximate surface area is 74.7 Å². The topological polar surface area (TPSA) is 55.1 Å². The van der Waals surface area contributed by atoms with E-state index in [2.05, 4.69) is 12.2 Å². The van der Waals surface area contributed by atoms with E-state index in [-0.39, 0.29) is 5.91 Å². The number of hydrogen-bond acceptors (Lipinski definition) is 2. The lowest BCUT2D eigenvalue weighted by Crippen LogP contribution is -2.26. The summed E-state index contributed by atoms with van der Waals surface area (Å²) in [4.78, 5) is 10.8. The summed E-state index contributed by atoms with van der Waals surface area (Å²) in [6.07, 6.45) is 6.19. The summed E-state index contributed by atoms with van der Waals surface area (Å²) in [5.74, 6) is -0.0472. The van der Waals surface area contributed by atoms with Crippen LogP contribution in [-0.2, 0) is 4.79 Å². The quantitative estimate of drug-likeness (QED) is 0.558. The maximum absolute atomic E-state index is 10.8.